The van der Waals surface area contributed by atoms with Crippen molar-refractivity contribution >= 4 is 10.9 Å². The summed E-state index contributed by atoms with van der Waals surface area (Å²) in [5, 5.41) is 12.0. The highest BCUT2D eigenvalue weighted by atomic mass is 16.3. The lowest BCUT2D eigenvalue weighted by molar-refractivity contribution is 0.0249. The van der Waals surface area contributed by atoms with E-state index in [1.807, 2.05) is 24.4 Å². The van der Waals surface area contributed by atoms with E-state index in [0.29, 0.717) is 0 Å². The zero-order valence-corrected chi connectivity index (χ0v) is 11.5. The molecule has 1 heterocycles. The van der Waals surface area contributed by atoms with Gasteiger partial charge in [-0.05, 0) is 37.0 Å². The van der Waals surface area contributed by atoms with Crippen molar-refractivity contribution in [2.75, 3.05) is 0 Å². The molecule has 1 atom stereocenters. The number of nitrogens with zero attached hydrogens (tertiary/aromatic N) is 1. The Labute approximate surface area is 114 Å². The van der Waals surface area contributed by atoms with Crippen molar-refractivity contribution in [3.05, 3.63) is 42.1 Å². The van der Waals surface area contributed by atoms with Crippen LogP contribution in [0.15, 0.2) is 36.5 Å². The van der Waals surface area contributed by atoms with Crippen molar-refractivity contribution in [3.8, 4) is 0 Å². The Morgan fingerprint density at radius 3 is 2.74 bits per heavy atom. The molecule has 1 unspecified atom stereocenters. The maximum atomic E-state index is 10.9. The lowest BCUT2D eigenvalue weighted by atomic mass is 9.74. The van der Waals surface area contributed by atoms with E-state index in [4.69, 9.17) is 0 Å². The van der Waals surface area contributed by atoms with Gasteiger partial charge in [0.1, 0.15) is 0 Å². The smallest absolute Gasteiger partial charge is 0.0852 e. The van der Waals surface area contributed by atoms with Crippen LogP contribution in [0.4, 0.5) is 0 Å². The molecular weight excluding hydrogens is 234 g/mol. The van der Waals surface area contributed by atoms with E-state index in [1.165, 1.54) is 12.8 Å². The van der Waals surface area contributed by atoms with E-state index >= 15 is 0 Å². The molecule has 2 nitrogen and oxygen atoms in total. The maximum Gasteiger partial charge on any atom is 0.0852 e. The molecule has 0 aliphatic heterocycles. The summed E-state index contributed by atoms with van der Waals surface area (Å²) < 4.78 is 0. The van der Waals surface area contributed by atoms with Crippen LogP contribution in [0.2, 0.25) is 0 Å². The predicted molar refractivity (Wildman–Crippen MR) is 77.9 cm³/mol. The Balaban J connectivity index is 2.08. The fraction of sp³-hybridized carbons (Fsp3) is 0.471. The highest BCUT2D eigenvalue weighted by molar-refractivity contribution is 5.82. The van der Waals surface area contributed by atoms with Gasteiger partial charge in [-0.15, -0.1) is 0 Å². The summed E-state index contributed by atoms with van der Waals surface area (Å²) >= 11 is 0. The molecule has 0 saturated heterocycles. The number of pyridine rings is 1. The maximum absolute atomic E-state index is 10.9. The highest BCUT2D eigenvalue weighted by Gasteiger charge is 2.40. The number of aromatic nitrogens is 1. The normalized spacial score (nSPS) is 19.7. The molecule has 1 aliphatic carbocycles. The summed E-state index contributed by atoms with van der Waals surface area (Å²) in [6, 6.07) is 10.1. The molecule has 1 aromatic heterocycles. The van der Waals surface area contributed by atoms with Crippen LogP contribution in [-0.4, -0.2) is 10.1 Å². The van der Waals surface area contributed by atoms with E-state index in [0.717, 1.165) is 35.7 Å². The number of hydrogen-bond acceptors (Lipinski definition) is 2. The summed E-state index contributed by atoms with van der Waals surface area (Å²) in [7, 11) is 0. The molecule has 0 spiro atoms. The van der Waals surface area contributed by atoms with Crippen molar-refractivity contribution < 1.29 is 5.11 Å². The van der Waals surface area contributed by atoms with E-state index < -0.39 is 0 Å². The fourth-order valence-corrected chi connectivity index (χ4v) is 3.59. The molecule has 0 radical (unpaired) electrons. The number of rotatable bonds is 3. The van der Waals surface area contributed by atoms with Crippen LogP contribution in [-0.2, 0) is 0 Å². The van der Waals surface area contributed by atoms with Crippen molar-refractivity contribution in [1.29, 1.82) is 0 Å². The van der Waals surface area contributed by atoms with Crippen LogP contribution in [0, 0.1) is 5.41 Å². The van der Waals surface area contributed by atoms with E-state index in [1.54, 1.807) is 0 Å². The van der Waals surface area contributed by atoms with Crippen LogP contribution in [0.1, 0.15) is 50.7 Å². The third-order valence-corrected chi connectivity index (χ3v) is 4.86. The fourth-order valence-electron chi connectivity index (χ4n) is 3.59. The van der Waals surface area contributed by atoms with Gasteiger partial charge in [-0.2, -0.15) is 0 Å². The Hall–Kier alpha value is -1.41. The van der Waals surface area contributed by atoms with Gasteiger partial charge in [0, 0.05) is 17.0 Å². The van der Waals surface area contributed by atoms with Crippen LogP contribution in [0.3, 0.4) is 0 Å². The van der Waals surface area contributed by atoms with E-state index in [-0.39, 0.29) is 11.5 Å². The zero-order valence-electron chi connectivity index (χ0n) is 11.5. The first-order valence-electron chi connectivity index (χ1n) is 7.28. The number of aliphatic hydroxyl groups excluding tert-OH is 1. The van der Waals surface area contributed by atoms with Crippen LogP contribution in [0.5, 0.6) is 0 Å². The van der Waals surface area contributed by atoms with Gasteiger partial charge in [0.15, 0.2) is 0 Å². The van der Waals surface area contributed by atoms with Gasteiger partial charge in [0.2, 0.25) is 0 Å². The first-order chi connectivity index (χ1) is 9.27. The van der Waals surface area contributed by atoms with Crippen LogP contribution < -0.4 is 0 Å². The molecule has 0 bridgehead atoms. The van der Waals surface area contributed by atoms with Crippen molar-refractivity contribution in [2.45, 2.75) is 45.1 Å². The Morgan fingerprint density at radius 2 is 2.00 bits per heavy atom. The number of hydrogen-bond donors (Lipinski definition) is 1. The quantitative estimate of drug-likeness (QED) is 0.890. The summed E-state index contributed by atoms with van der Waals surface area (Å²) in [4.78, 5) is 4.39. The molecule has 3 rings (SSSR count). The molecular formula is C17H21NO. The van der Waals surface area contributed by atoms with E-state index in [9.17, 15) is 5.11 Å². The average Bonchev–Trinajstić information content (AvgIpc) is 2.96. The third-order valence-electron chi connectivity index (χ3n) is 4.86. The predicted octanol–water partition coefficient (Wildman–Crippen LogP) is 4.24. The Morgan fingerprint density at radius 1 is 1.21 bits per heavy atom. The lowest BCUT2D eigenvalue weighted by Crippen LogP contribution is -2.25. The summed E-state index contributed by atoms with van der Waals surface area (Å²) in [6.45, 7) is 2.21. The van der Waals surface area contributed by atoms with E-state index in [2.05, 4.69) is 24.0 Å². The molecule has 2 aromatic rings. The Bertz CT molecular complexity index is 567. The third kappa shape index (κ3) is 2.04. The SMILES string of the molecule is CCC1(C(O)c2cccc3ncccc23)CCCC1. The monoisotopic (exact) mass is 255 g/mol. The molecule has 0 amide bonds. The molecule has 2 heteroatoms. The first-order valence-corrected chi connectivity index (χ1v) is 7.28. The molecule has 1 N–H and O–H groups in total. The summed E-state index contributed by atoms with van der Waals surface area (Å²) in [5.41, 5.74) is 2.10. The second-order valence-electron chi connectivity index (χ2n) is 5.74. The van der Waals surface area contributed by atoms with Crippen molar-refractivity contribution in [2.24, 2.45) is 5.41 Å². The van der Waals surface area contributed by atoms with Gasteiger partial charge in [0.25, 0.3) is 0 Å². The number of benzene rings is 1. The number of fused-ring (bicyclic) bond motifs is 1. The van der Waals surface area contributed by atoms with Gasteiger partial charge >= 0.3 is 0 Å². The molecule has 19 heavy (non-hydrogen) atoms. The second-order valence-corrected chi connectivity index (χ2v) is 5.74. The molecule has 1 aliphatic rings. The minimum Gasteiger partial charge on any atom is -0.388 e. The molecule has 100 valence electrons. The highest BCUT2D eigenvalue weighted by Crippen LogP contribution is 2.50. The molecule has 1 aromatic carbocycles. The molecule has 1 fully saturated rings. The topological polar surface area (TPSA) is 33.1 Å². The van der Waals surface area contributed by atoms with Crippen LogP contribution in [0.25, 0.3) is 10.9 Å². The Kier molecular flexibility index (Phi) is 3.28. The zero-order chi connectivity index (χ0) is 13.3. The second kappa shape index (κ2) is 4.93. The van der Waals surface area contributed by atoms with Gasteiger partial charge in [0.05, 0.1) is 11.6 Å². The van der Waals surface area contributed by atoms with Crippen LogP contribution >= 0.6 is 0 Å². The largest absolute Gasteiger partial charge is 0.388 e. The van der Waals surface area contributed by atoms with Crippen molar-refractivity contribution in [1.82, 2.24) is 4.98 Å². The molecule has 1 saturated carbocycles. The van der Waals surface area contributed by atoms with Gasteiger partial charge in [-0.3, -0.25) is 4.98 Å². The minimum absolute atomic E-state index is 0.0735. The first kappa shape index (κ1) is 12.6. The summed E-state index contributed by atoms with van der Waals surface area (Å²) in [6.07, 6.45) is 7.26. The minimum atomic E-state index is -0.368. The van der Waals surface area contributed by atoms with Gasteiger partial charge in [-0.25, -0.2) is 0 Å². The standard InChI is InChI=1S/C17H21NO/c1-2-17(10-3-4-11-17)16(19)14-7-5-9-15-13(14)8-6-12-18-15/h5-9,12,16,19H,2-4,10-11H2,1H3. The average molecular weight is 255 g/mol. The van der Waals surface area contributed by atoms with Crippen molar-refractivity contribution in [3.63, 3.8) is 0 Å². The number of aliphatic hydroxyl groups is 1. The lowest BCUT2D eigenvalue weighted by Gasteiger charge is -2.34. The summed E-state index contributed by atoms with van der Waals surface area (Å²) in [5.74, 6) is 0. The van der Waals surface area contributed by atoms with Gasteiger partial charge < -0.3 is 5.11 Å². The van der Waals surface area contributed by atoms with Gasteiger partial charge in [-0.1, -0.05) is 38.0 Å².